The third kappa shape index (κ3) is 6.66. The van der Waals surface area contributed by atoms with Gasteiger partial charge in [-0.25, -0.2) is 4.98 Å². The van der Waals surface area contributed by atoms with E-state index in [-0.39, 0.29) is 11.4 Å². The van der Waals surface area contributed by atoms with Crippen LogP contribution in [0.25, 0.3) is 0 Å². The van der Waals surface area contributed by atoms with E-state index in [1.165, 1.54) is 6.07 Å². The second-order valence-corrected chi connectivity index (χ2v) is 5.92. The minimum absolute atomic E-state index is 0.0431. The van der Waals surface area contributed by atoms with Gasteiger partial charge in [-0.3, -0.25) is 20.4 Å². The van der Waals surface area contributed by atoms with Crippen LogP contribution in [0, 0.1) is 0 Å². The fraction of sp³-hybridized carbons (Fsp3) is 0.316. The molecule has 0 bridgehead atoms. The van der Waals surface area contributed by atoms with Crippen LogP contribution in [0.4, 0.5) is 18.9 Å². The zero-order valence-corrected chi connectivity index (χ0v) is 15.9. The van der Waals surface area contributed by atoms with Crippen molar-refractivity contribution in [3.05, 3.63) is 53.7 Å². The smallest absolute Gasteiger partial charge is 0.422 e. The van der Waals surface area contributed by atoms with E-state index in [1.54, 1.807) is 12.1 Å². The van der Waals surface area contributed by atoms with Crippen LogP contribution in [0.3, 0.4) is 0 Å². The summed E-state index contributed by atoms with van der Waals surface area (Å²) in [6.45, 7) is 4.26. The van der Waals surface area contributed by atoms with Crippen LogP contribution in [0.5, 0.6) is 5.88 Å². The van der Waals surface area contributed by atoms with Gasteiger partial charge in [-0.05, 0) is 44.2 Å². The topological polar surface area (TPSA) is 83.6 Å². The van der Waals surface area contributed by atoms with Crippen LogP contribution in [0.1, 0.15) is 34.6 Å². The first kappa shape index (κ1) is 22.0. The van der Waals surface area contributed by atoms with Crippen LogP contribution in [-0.2, 0) is 0 Å². The first-order chi connectivity index (χ1) is 13.7. The van der Waals surface area contributed by atoms with Gasteiger partial charge in [-0.15, -0.1) is 0 Å². The highest BCUT2D eigenvalue weighted by Crippen LogP contribution is 2.17. The number of hydrazine groups is 1. The van der Waals surface area contributed by atoms with E-state index in [9.17, 15) is 22.8 Å². The fourth-order valence-electron chi connectivity index (χ4n) is 2.43. The Hall–Kier alpha value is -3.30. The molecule has 2 aromatic rings. The summed E-state index contributed by atoms with van der Waals surface area (Å²) < 4.78 is 40.8. The largest absolute Gasteiger partial charge is 0.468 e. The number of carbonyl (C=O) groups is 2. The zero-order chi connectivity index (χ0) is 21.4. The molecular formula is C19H21F3N4O3. The van der Waals surface area contributed by atoms with Crippen molar-refractivity contribution in [3.63, 3.8) is 0 Å². The van der Waals surface area contributed by atoms with Gasteiger partial charge in [0, 0.05) is 36.6 Å². The van der Waals surface area contributed by atoms with E-state index >= 15 is 0 Å². The van der Waals surface area contributed by atoms with Crippen molar-refractivity contribution in [1.82, 2.24) is 15.8 Å². The highest BCUT2D eigenvalue weighted by atomic mass is 19.4. The molecule has 0 aliphatic rings. The number of nitrogens with one attached hydrogen (secondary N) is 2. The molecule has 0 radical (unpaired) electrons. The van der Waals surface area contributed by atoms with Crippen molar-refractivity contribution in [2.75, 3.05) is 24.6 Å². The van der Waals surface area contributed by atoms with E-state index in [0.29, 0.717) is 5.56 Å². The van der Waals surface area contributed by atoms with Crippen LogP contribution >= 0.6 is 0 Å². The van der Waals surface area contributed by atoms with Crippen molar-refractivity contribution in [2.45, 2.75) is 20.0 Å². The maximum absolute atomic E-state index is 12.2. The maximum Gasteiger partial charge on any atom is 0.422 e. The van der Waals surface area contributed by atoms with E-state index in [4.69, 9.17) is 0 Å². The molecule has 1 heterocycles. The molecule has 0 saturated carbocycles. The van der Waals surface area contributed by atoms with Crippen molar-refractivity contribution >= 4 is 17.5 Å². The normalized spacial score (nSPS) is 10.9. The Kier molecular flexibility index (Phi) is 7.40. The van der Waals surface area contributed by atoms with E-state index in [0.717, 1.165) is 31.0 Å². The van der Waals surface area contributed by atoms with Gasteiger partial charge in [0.2, 0.25) is 5.88 Å². The number of amides is 2. The van der Waals surface area contributed by atoms with Crippen molar-refractivity contribution < 1.29 is 27.5 Å². The monoisotopic (exact) mass is 410 g/mol. The minimum atomic E-state index is -4.48. The molecule has 29 heavy (non-hydrogen) atoms. The molecule has 0 unspecified atom stereocenters. The highest BCUT2D eigenvalue weighted by molar-refractivity contribution is 5.99. The molecule has 0 spiro atoms. The number of carbonyl (C=O) groups excluding carboxylic acids is 2. The number of ether oxygens (including phenoxy) is 1. The predicted octanol–water partition coefficient (Wildman–Crippen LogP) is 2.94. The highest BCUT2D eigenvalue weighted by Gasteiger charge is 2.28. The Balaban J connectivity index is 1.89. The standard InChI is InChI=1S/C19H21F3N4O3/c1-3-26(4-2)15-8-5-13(6-9-15)17(27)24-25-18(28)14-7-10-16(23-11-14)29-12-19(20,21)22/h5-11H,3-4,12H2,1-2H3,(H,24,27)(H,25,28). The Bertz CT molecular complexity index is 820. The van der Waals surface area contributed by atoms with Crippen LogP contribution < -0.4 is 20.5 Å². The summed E-state index contributed by atoms with van der Waals surface area (Å²) in [5, 5.41) is 0. The van der Waals surface area contributed by atoms with E-state index in [2.05, 4.69) is 25.5 Å². The number of aromatic nitrogens is 1. The van der Waals surface area contributed by atoms with Crippen molar-refractivity contribution in [1.29, 1.82) is 0 Å². The second kappa shape index (κ2) is 9.76. The van der Waals surface area contributed by atoms with Gasteiger partial charge >= 0.3 is 6.18 Å². The molecular weight excluding hydrogens is 389 g/mol. The summed E-state index contributed by atoms with van der Waals surface area (Å²) >= 11 is 0. The first-order valence-electron chi connectivity index (χ1n) is 8.84. The minimum Gasteiger partial charge on any atom is -0.468 e. The molecule has 1 aromatic carbocycles. The molecule has 0 fully saturated rings. The van der Waals surface area contributed by atoms with Gasteiger partial charge in [0.25, 0.3) is 11.8 Å². The Morgan fingerprint density at radius 2 is 1.52 bits per heavy atom. The Morgan fingerprint density at radius 1 is 0.966 bits per heavy atom. The zero-order valence-electron chi connectivity index (χ0n) is 15.9. The summed E-state index contributed by atoms with van der Waals surface area (Å²) in [6.07, 6.45) is -3.43. The molecule has 2 amide bonds. The Morgan fingerprint density at radius 3 is 2.00 bits per heavy atom. The van der Waals surface area contributed by atoms with Crippen LogP contribution in [-0.4, -0.2) is 42.7 Å². The molecule has 2 N–H and O–H groups in total. The third-order valence-corrected chi connectivity index (χ3v) is 3.93. The summed E-state index contributed by atoms with van der Waals surface area (Å²) in [6, 6.07) is 9.28. The lowest BCUT2D eigenvalue weighted by atomic mass is 10.2. The number of alkyl halides is 3. The second-order valence-electron chi connectivity index (χ2n) is 5.92. The maximum atomic E-state index is 12.2. The number of rotatable bonds is 7. The molecule has 10 heteroatoms. The summed E-state index contributed by atoms with van der Waals surface area (Å²) in [5.41, 5.74) is 5.88. The van der Waals surface area contributed by atoms with Gasteiger partial charge in [-0.1, -0.05) is 0 Å². The van der Waals surface area contributed by atoms with Crippen molar-refractivity contribution in [2.24, 2.45) is 0 Å². The average molecular weight is 410 g/mol. The Labute approximate surface area is 165 Å². The molecule has 0 saturated heterocycles. The van der Waals surface area contributed by atoms with Crippen LogP contribution in [0.15, 0.2) is 42.6 Å². The lowest BCUT2D eigenvalue weighted by Gasteiger charge is -2.21. The molecule has 7 nitrogen and oxygen atoms in total. The lowest BCUT2D eigenvalue weighted by Crippen LogP contribution is -2.41. The number of anilines is 1. The third-order valence-electron chi connectivity index (χ3n) is 3.93. The van der Waals surface area contributed by atoms with Gasteiger partial charge in [-0.2, -0.15) is 13.2 Å². The number of pyridine rings is 1. The van der Waals surface area contributed by atoms with Gasteiger partial charge in [0.1, 0.15) is 0 Å². The summed E-state index contributed by atoms with van der Waals surface area (Å²) in [4.78, 5) is 29.9. The van der Waals surface area contributed by atoms with E-state index in [1.807, 2.05) is 26.0 Å². The molecule has 0 aliphatic carbocycles. The van der Waals surface area contributed by atoms with Crippen LogP contribution in [0.2, 0.25) is 0 Å². The molecule has 1 aromatic heterocycles. The molecule has 0 atom stereocenters. The number of halogens is 3. The fourth-order valence-corrected chi connectivity index (χ4v) is 2.43. The van der Waals surface area contributed by atoms with E-state index < -0.39 is 24.6 Å². The lowest BCUT2D eigenvalue weighted by molar-refractivity contribution is -0.154. The number of benzene rings is 1. The van der Waals surface area contributed by atoms with Gasteiger partial charge in [0.05, 0.1) is 5.56 Å². The predicted molar refractivity (Wildman–Crippen MR) is 101 cm³/mol. The number of hydrogen-bond acceptors (Lipinski definition) is 5. The summed E-state index contributed by atoms with van der Waals surface area (Å²) in [5.74, 6) is -1.45. The molecule has 2 rings (SSSR count). The quantitative estimate of drug-likeness (QED) is 0.686. The first-order valence-corrected chi connectivity index (χ1v) is 8.84. The SMILES string of the molecule is CCN(CC)c1ccc(C(=O)NNC(=O)c2ccc(OCC(F)(F)F)nc2)cc1. The molecule has 156 valence electrons. The summed E-state index contributed by atoms with van der Waals surface area (Å²) in [7, 11) is 0. The van der Waals surface area contributed by atoms with Crippen molar-refractivity contribution in [3.8, 4) is 5.88 Å². The average Bonchev–Trinajstić information content (AvgIpc) is 2.71. The van der Waals surface area contributed by atoms with Gasteiger partial charge < -0.3 is 9.64 Å². The number of hydrogen-bond donors (Lipinski definition) is 2. The number of nitrogens with zero attached hydrogens (tertiary/aromatic N) is 2. The van der Waals surface area contributed by atoms with Gasteiger partial charge in [0.15, 0.2) is 6.61 Å². The molecule has 0 aliphatic heterocycles.